The van der Waals surface area contributed by atoms with Crippen molar-refractivity contribution in [1.82, 2.24) is 0 Å². The minimum absolute atomic E-state index is 0.502. The third-order valence-corrected chi connectivity index (χ3v) is 4.26. The first-order chi connectivity index (χ1) is 8.77. The highest BCUT2D eigenvalue weighted by molar-refractivity contribution is 7.99. The Hall–Kier alpha value is 0.270. The Balaban J connectivity index is 2.90. The molecule has 2 nitrogen and oxygen atoms in total. The minimum Gasteiger partial charge on any atom is -0.368 e. The van der Waals surface area contributed by atoms with Crippen LogP contribution in [0.3, 0.4) is 0 Å². The Labute approximate surface area is 118 Å². The van der Waals surface area contributed by atoms with Gasteiger partial charge in [0.05, 0.1) is 0 Å². The molecule has 0 atom stereocenters. The molecule has 0 aliphatic rings. The van der Waals surface area contributed by atoms with Crippen molar-refractivity contribution in [3.05, 3.63) is 0 Å². The van der Waals surface area contributed by atoms with Crippen LogP contribution in [0.15, 0.2) is 0 Å². The first-order valence-electron chi connectivity index (χ1n) is 7.71. The van der Waals surface area contributed by atoms with Crippen LogP contribution in [-0.4, -0.2) is 28.0 Å². The molecule has 2 N–H and O–H groups in total. The minimum atomic E-state index is -1.12. The topological polar surface area (TPSA) is 40.5 Å². The van der Waals surface area contributed by atoms with Crippen LogP contribution in [0.5, 0.6) is 0 Å². The zero-order valence-electron chi connectivity index (χ0n) is 12.1. The smallest absolute Gasteiger partial charge is 0.152 e. The van der Waals surface area contributed by atoms with Crippen molar-refractivity contribution in [2.75, 3.05) is 11.5 Å². The van der Waals surface area contributed by atoms with Crippen LogP contribution in [0, 0.1) is 0 Å². The lowest BCUT2D eigenvalue weighted by atomic mass is 10.1. The Morgan fingerprint density at radius 1 is 0.722 bits per heavy atom. The summed E-state index contributed by atoms with van der Waals surface area (Å²) in [5.41, 5.74) is 0. The van der Waals surface area contributed by atoms with E-state index in [4.69, 9.17) is 10.2 Å². The van der Waals surface area contributed by atoms with Gasteiger partial charge < -0.3 is 10.2 Å². The second-order valence-electron chi connectivity index (χ2n) is 5.06. The third-order valence-electron chi connectivity index (χ3n) is 3.16. The number of hydrogen-bond donors (Lipinski definition) is 2. The lowest BCUT2D eigenvalue weighted by Gasteiger charge is -2.04. The SMILES string of the molecule is CCCCCCCCCCCCSCCC(O)O. The standard InChI is InChI=1S/C15H32O2S/c1-2-3-4-5-6-7-8-9-10-11-13-18-14-12-15(16)17/h15-17H,2-14H2,1H3. The molecular weight excluding hydrogens is 244 g/mol. The van der Waals surface area contributed by atoms with E-state index >= 15 is 0 Å². The van der Waals surface area contributed by atoms with Crippen molar-refractivity contribution in [3.8, 4) is 0 Å². The van der Waals surface area contributed by atoms with E-state index in [0.717, 1.165) is 5.75 Å². The van der Waals surface area contributed by atoms with Crippen LogP contribution in [0.4, 0.5) is 0 Å². The lowest BCUT2D eigenvalue weighted by molar-refractivity contribution is -0.0404. The predicted molar refractivity (Wildman–Crippen MR) is 82.0 cm³/mol. The van der Waals surface area contributed by atoms with Crippen molar-refractivity contribution in [1.29, 1.82) is 0 Å². The molecule has 0 aromatic heterocycles. The quantitative estimate of drug-likeness (QED) is 0.366. The van der Waals surface area contributed by atoms with Crippen molar-refractivity contribution in [3.63, 3.8) is 0 Å². The van der Waals surface area contributed by atoms with Gasteiger partial charge in [-0.15, -0.1) is 0 Å². The van der Waals surface area contributed by atoms with Gasteiger partial charge in [0.25, 0.3) is 0 Å². The maximum Gasteiger partial charge on any atom is 0.152 e. The number of aliphatic hydroxyl groups excluding tert-OH is 1. The molecule has 0 amide bonds. The fourth-order valence-electron chi connectivity index (χ4n) is 1.98. The van der Waals surface area contributed by atoms with Crippen molar-refractivity contribution >= 4 is 11.8 Å². The summed E-state index contributed by atoms with van der Waals surface area (Å²) in [4.78, 5) is 0. The van der Waals surface area contributed by atoms with Gasteiger partial charge in [-0.2, -0.15) is 11.8 Å². The van der Waals surface area contributed by atoms with Gasteiger partial charge >= 0.3 is 0 Å². The van der Waals surface area contributed by atoms with E-state index in [9.17, 15) is 0 Å². The number of thioether (sulfide) groups is 1. The predicted octanol–water partition coefficient (Wildman–Crippen LogP) is 4.34. The molecule has 0 fully saturated rings. The molecule has 0 aromatic carbocycles. The summed E-state index contributed by atoms with van der Waals surface area (Å²) in [5, 5.41) is 17.3. The molecule has 0 radical (unpaired) electrons. The van der Waals surface area contributed by atoms with E-state index in [1.807, 2.05) is 11.8 Å². The zero-order valence-corrected chi connectivity index (χ0v) is 12.9. The van der Waals surface area contributed by atoms with Gasteiger partial charge in [-0.1, -0.05) is 64.7 Å². The summed E-state index contributed by atoms with van der Waals surface area (Å²) in [6, 6.07) is 0. The molecule has 110 valence electrons. The lowest BCUT2D eigenvalue weighted by Crippen LogP contribution is -2.05. The van der Waals surface area contributed by atoms with Gasteiger partial charge in [0.1, 0.15) is 0 Å². The summed E-state index contributed by atoms with van der Waals surface area (Å²) >= 11 is 1.84. The molecule has 18 heavy (non-hydrogen) atoms. The number of aliphatic hydroxyl groups is 2. The van der Waals surface area contributed by atoms with Gasteiger partial charge in [-0.05, 0) is 17.9 Å². The first-order valence-corrected chi connectivity index (χ1v) is 8.86. The van der Waals surface area contributed by atoms with Crippen LogP contribution in [0.25, 0.3) is 0 Å². The molecule has 0 heterocycles. The van der Waals surface area contributed by atoms with Crippen molar-refractivity contribution in [2.45, 2.75) is 83.8 Å². The van der Waals surface area contributed by atoms with Gasteiger partial charge in [0.15, 0.2) is 6.29 Å². The van der Waals surface area contributed by atoms with E-state index in [2.05, 4.69) is 6.92 Å². The van der Waals surface area contributed by atoms with E-state index in [-0.39, 0.29) is 0 Å². The molecule has 0 rings (SSSR count). The Morgan fingerprint density at radius 2 is 1.22 bits per heavy atom. The summed E-state index contributed by atoms with van der Waals surface area (Å²) in [7, 11) is 0. The maximum absolute atomic E-state index is 8.67. The van der Waals surface area contributed by atoms with Crippen LogP contribution < -0.4 is 0 Å². The van der Waals surface area contributed by atoms with E-state index in [1.54, 1.807) is 0 Å². The Kier molecular flexibility index (Phi) is 15.6. The van der Waals surface area contributed by atoms with Crippen LogP contribution >= 0.6 is 11.8 Å². The largest absolute Gasteiger partial charge is 0.368 e. The number of unbranched alkanes of at least 4 members (excludes halogenated alkanes) is 9. The van der Waals surface area contributed by atoms with Gasteiger partial charge in [0.2, 0.25) is 0 Å². The number of hydrogen-bond acceptors (Lipinski definition) is 3. The molecule has 0 saturated carbocycles. The first kappa shape index (κ1) is 18.3. The highest BCUT2D eigenvalue weighted by atomic mass is 32.2. The molecular formula is C15H32O2S. The van der Waals surface area contributed by atoms with Crippen LogP contribution in [-0.2, 0) is 0 Å². The fourth-order valence-corrected chi connectivity index (χ4v) is 2.97. The molecule has 0 aliphatic heterocycles. The van der Waals surface area contributed by atoms with Crippen molar-refractivity contribution in [2.24, 2.45) is 0 Å². The second-order valence-corrected chi connectivity index (χ2v) is 6.29. The van der Waals surface area contributed by atoms with E-state index in [1.165, 1.54) is 70.0 Å². The highest BCUT2D eigenvalue weighted by Crippen LogP contribution is 2.12. The van der Waals surface area contributed by atoms with Gasteiger partial charge in [-0.25, -0.2) is 0 Å². The normalized spacial score (nSPS) is 11.3. The molecule has 3 heteroatoms. The number of rotatable bonds is 14. The van der Waals surface area contributed by atoms with Gasteiger partial charge in [0, 0.05) is 6.42 Å². The monoisotopic (exact) mass is 276 g/mol. The Bertz CT molecular complexity index is 151. The third kappa shape index (κ3) is 16.3. The highest BCUT2D eigenvalue weighted by Gasteiger charge is 1.97. The van der Waals surface area contributed by atoms with Crippen LogP contribution in [0.2, 0.25) is 0 Å². The fraction of sp³-hybridized carbons (Fsp3) is 1.00. The summed E-state index contributed by atoms with van der Waals surface area (Å²) in [6.07, 6.45) is 13.2. The van der Waals surface area contributed by atoms with E-state index in [0.29, 0.717) is 6.42 Å². The molecule has 0 bridgehead atoms. The van der Waals surface area contributed by atoms with Gasteiger partial charge in [-0.3, -0.25) is 0 Å². The second kappa shape index (κ2) is 15.3. The summed E-state index contributed by atoms with van der Waals surface area (Å²) < 4.78 is 0. The molecule has 0 unspecified atom stereocenters. The summed E-state index contributed by atoms with van der Waals surface area (Å²) in [5.74, 6) is 2.04. The van der Waals surface area contributed by atoms with E-state index < -0.39 is 6.29 Å². The zero-order chi connectivity index (χ0) is 13.5. The molecule has 0 spiro atoms. The Morgan fingerprint density at radius 3 is 1.72 bits per heavy atom. The molecule has 0 aliphatic carbocycles. The molecule has 0 aromatic rings. The average molecular weight is 276 g/mol. The molecule has 0 saturated heterocycles. The maximum atomic E-state index is 8.67. The summed E-state index contributed by atoms with van der Waals surface area (Å²) in [6.45, 7) is 2.26. The van der Waals surface area contributed by atoms with Crippen LogP contribution in [0.1, 0.15) is 77.6 Å². The van der Waals surface area contributed by atoms with Crippen molar-refractivity contribution < 1.29 is 10.2 Å². The average Bonchev–Trinajstić information content (AvgIpc) is 2.34.